The first-order valence-corrected chi connectivity index (χ1v) is 15.0. The van der Waals surface area contributed by atoms with E-state index in [1.165, 1.54) is 0 Å². The van der Waals surface area contributed by atoms with Crippen LogP contribution in [-0.2, 0) is 4.74 Å². The molecule has 5 fully saturated rings. The van der Waals surface area contributed by atoms with Crippen LogP contribution in [0.5, 0.6) is 0 Å². The van der Waals surface area contributed by atoms with Gasteiger partial charge in [0.1, 0.15) is 5.82 Å². The Morgan fingerprint density at radius 2 is 1.68 bits per heavy atom. The van der Waals surface area contributed by atoms with Gasteiger partial charge in [0, 0.05) is 55.0 Å². The number of rotatable bonds is 5. The number of nitrogens with two attached hydrogens (primary N) is 1. The van der Waals surface area contributed by atoms with Crippen molar-refractivity contribution in [2.45, 2.75) is 87.4 Å². The molecule has 0 unspecified atom stereocenters. The van der Waals surface area contributed by atoms with Gasteiger partial charge in [-0.05, 0) is 88.0 Å². The second-order valence-corrected chi connectivity index (χ2v) is 12.6. The predicted octanol–water partition coefficient (Wildman–Crippen LogP) is 4.06. The van der Waals surface area contributed by atoms with E-state index in [4.69, 9.17) is 15.6 Å². The summed E-state index contributed by atoms with van der Waals surface area (Å²) in [5.74, 6) is 0.0574. The van der Waals surface area contributed by atoms with Crippen molar-refractivity contribution >= 4 is 22.6 Å². The van der Waals surface area contributed by atoms with Crippen molar-refractivity contribution < 1.29 is 14.6 Å². The van der Waals surface area contributed by atoms with E-state index in [9.17, 15) is 9.90 Å². The van der Waals surface area contributed by atoms with Crippen molar-refractivity contribution in [2.75, 3.05) is 32.0 Å². The molecule has 9 nitrogen and oxygen atoms in total. The van der Waals surface area contributed by atoms with E-state index in [-0.39, 0.29) is 17.3 Å². The average molecular weight is 545 g/mol. The lowest BCUT2D eigenvalue weighted by Gasteiger charge is -2.51. The molecule has 0 atom stereocenters. The van der Waals surface area contributed by atoms with Crippen LogP contribution in [0.25, 0.3) is 22.0 Å². The molecule has 3 aliphatic carbocycles. The van der Waals surface area contributed by atoms with Crippen LogP contribution in [0.2, 0.25) is 0 Å². The Kier molecular flexibility index (Phi) is 6.56. The Balaban J connectivity index is 1.07. The summed E-state index contributed by atoms with van der Waals surface area (Å²) in [6.07, 6.45) is 12.8. The standard InChI is InChI=1S/C31H40N6O3/c32-28-26(29(38)35-30-7-10-31(39,11-8-30)12-9-30)18-22(19-33-28)21-1-2-27-23(17-21)20-34-37(27)25-3-13-36(14-4-25)24-5-15-40-16-6-24/h1-2,17-20,24-25,39H,3-16H2,(H2,32,33)(H,35,38). The number of benzene rings is 1. The highest BCUT2D eigenvalue weighted by Crippen LogP contribution is 2.47. The number of hydrogen-bond donors (Lipinski definition) is 3. The summed E-state index contributed by atoms with van der Waals surface area (Å²) >= 11 is 0. The lowest BCUT2D eigenvalue weighted by molar-refractivity contribution is -0.0702. The molecule has 9 heteroatoms. The smallest absolute Gasteiger partial charge is 0.255 e. The number of aliphatic hydroxyl groups is 1. The van der Waals surface area contributed by atoms with Gasteiger partial charge in [-0.2, -0.15) is 5.10 Å². The molecule has 2 bridgehead atoms. The number of fused-ring (bicyclic) bond motifs is 4. The molecular weight excluding hydrogens is 504 g/mol. The van der Waals surface area contributed by atoms with E-state index in [0.717, 1.165) is 113 Å². The lowest BCUT2D eigenvalue weighted by atomic mass is 9.63. The Labute approximate surface area is 235 Å². The zero-order valence-corrected chi connectivity index (χ0v) is 23.1. The van der Waals surface area contributed by atoms with Crippen molar-refractivity contribution in [1.82, 2.24) is 25.0 Å². The number of nitrogens with one attached hydrogen (secondary N) is 1. The minimum absolute atomic E-state index is 0.180. The number of nitrogens with zero attached hydrogens (tertiary/aromatic N) is 4. The molecule has 3 saturated carbocycles. The average Bonchev–Trinajstić information content (AvgIpc) is 3.42. The molecule has 8 rings (SSSR count). The summed E-state index contributed by atoms with van der Waals surface area (Å²) in [5.41, 5.74) is 8.79. The van der Waals surface area contributed by atoms with Crippen molar-refractivity contribution in [3.63, 3.8) is 0 Å². The van der Waals surface area contributed by atoms with Crippen LogP contribution in [-0.4, -0.2) is 74.2 Å². The third-order valence-electron chi connectivity index (χ3n) is 10.2. The van der Waals surface area contributed by atoms with E-state index in [1.54, 1.807) is 6.20 Å². The van der Waals surface area contributed by atoms with Crippen molar-refractivity contribution in [3.05, 3.63) is 42.2 Å². The van der Waals surface area contributed by atoms with E-state index in [2.05, 4.69) is 38.1 Å². The third kappa shape index (κ3) is 4.78. The molecule has 2 aliphatic heterocycles. The Morgan fingerprint density at radius 3 is 2.40 bits per heavy atom. The van der Waals surface area contributed by atoms with Gasteiger partial charge >= 0.3 is 0 Å². The van der Waals surface area contributed by atoms with Gasteiger partial charge in [0.15, 0.2) is 0 Å². The summed E-state index contributed by atoms with van der Waals surface area (Å²) < 4.78 is 7.75. The number of carbonyl (C=O) groups excluding carboxylic acids is 1. The van der Waals surface area contributed by atoms with E-state index < -0.39 is 5.60 Å². The van der Waals surface area contributed by atoms with E-state index >= 15 is 0 Å². The number of ether oxygens (including phenoxy) is 1. The maximum atomic E-state index is 13.4. The SMILES string of the molecule is Nc1ncc(-c2ccc3c(cnn3C3CCN(C4CCOCC4)CC3)c2)cc1C(=O)NC12CCC(O)(CC1)CC2. The van der Waals surface area contributed by atoms with E-state index in [1.807, 2.05) is 12.3 Å². The van der Waals surface area contributed by atoms with Crippen LogP contribution in [0.15, 0.2) is 36.7 Å². The number of carbonyl (C=O) groups is 1. The molecule has 1 aromatic carbocycles. The van der Waals surface area contributed by atoms with Gasteiger partial charge in [-0.3, -0.25) is 9.48 Å². The second-order valence-electron chi connectivity index (χ2n) is 12.6. The molecule has 3 aromatic rings. The number of nitrogen functional groups attached to an aromatic ring is 1. The molecule has 40 heavy (non-hydrogen) atoms. The highest BCUT2D eigenvalue weighted by molar-refractivity contribution is 6.00. The van der Waals surface area contributed by atoms with Crippen molar-refractivity contribution in [3.8, 4) is 11.1 Å². The quantitative estimate of drug-likeness (QED) is 0.443. The summed E-state index contributed by atoms with van der Waals surface area (Å²) in [7, 11) is 0. The maximum Gasteiger partial charge on any atom is 0.255 e. The van der Waals surface area contributed by atoms with Crippen LogP contribution >= 0.6 is 0 Å². The molecule has 0 spiro atoms. The van der Waals surface area contributed by atoms with Gasteiger partial charge in [0.25, 0.3) is 5.91 Å². The third-order valence-corrected chi connectivity index (χ3v) is 10.2. The molecular formula is C31H40N6O3. The largest absolute Gasteiger partial charge is 0.390 e. The van der Waals surface area contributed by atoms with Gasteiger partial charge in [0.2, 0.25) is 0 Å². The number of amides is 1. The first-order chi connectivity index (χ1) is 19.4. The molecule has 212 valence electrons. The summed E-state index contributed by atoms with van der Waals surface area (Å²) in [4.78, 5) is 20.4. The number of aromatic nitrogens is 3. The highest BCUT2D eigenvalue weighted by atomic mass is 16.5. The van der Waals surface area contributed by atoms with Gasteiger partial charge in [0.05, 0.1) is 28.9 Å². The maximum absolute atomic E-state index is 13.4. The zero-order chi connectivity index (χ0) is 27.3. The van der Waals surface area contributed by atoms with Gasteiger partial charge in [-0.1, -0.05) is 6.07 Å². The molecule has 4 N–H and O–H groups in total. The Hall–Kier alpha value is -3.01. The summed E-state index contributed by atoms with van der Waals surface area (Å²) in [6, 6.07) is 9.29. The first kappa shape index (κ1) is 25.9. The molecule has 2 saturated heterocycles. The first-order valence-electron chi connectivity index (χ1n) is 15.0. The summed E-state index contributed by atoms with van der Waals surface area (Å²) in [6.45, 7) is 3.99. The molecule has 1 amide bonds. The van der Waals surface area contributed by atoms with Crippen LogP contribution < -0.4 is 11.1 Å². The fraction of sp³-hybridized carbons (Fsp3) is 0.581. The minimum Gasteiger partial charge on any atom is -0.390 e. The van der Waals surface area contributed by atoms with Gasteiger partial charge < -0.3 is 25.8 Å². The fourth-order valence-electron chi connectivity index (χ4n) is 7.55. The number of anilines is 1. The number of piperidine rings is 1. The predicted molar refractivity (Wildman–Crippen MR) is 154 cm³/mol. The van der Waals surface area contributed by atoms with Crippen molar-refractivity contribution in [1.29, 1.82) is 0 Å². The molecule has 2 aromatic heterocycles. The Bertz CT molecular complexity index is 1380. The van der Waals surface area contributed by atoms with Crippen LogP contribution in [0.4, 0.5) is 5.82 Å². The zero-order valence-electron chi connectivity index (χ0n) is 23.1. The fourth-order valence-corrected chi connectivity index (χ4v) is 7.55. The van der Waals surface area contributed by atoms with Crippen LogP contribution in [0.1, 0.15) is 80.6 Å². The van der Waals surface area contributed by atoms with Crippen molar-refractivity contribution in [2.24, 2.45) is 0 Å². The van der Waals surface area contributed by atoms with Crippen LogP contribution in [0.3, 0.4) is 0 Å². The number of hydrogen-bond acceptors (Lipinski definition) is 7. The monoisotopic (exact) mass is 544 g/mol. The number of likely N-dealkylation sites (tertiary alicyclic amines) is 1. The van der Waals surface area contributed by atoms with E-state index in [0.29, 0.717) is 17.6 Å². The topological polar surface area (TPSA) is 119 Å². The van der Waals surface area contributed by atoms with Gasteiger partial charge in [-0.25, -0.2) is 4.98 Å². The highest BCUT2D eigenvalue weighted by Gasteiger charge is 2.48. The normalized spacial score (nSPS) is 28.2. The second kappa shape index (κ2) is 10.1. The van der Waals surface area contributed by atoms with Gasteiger partial charge in [-0.15, -0.1) is 0 Å². The Morgan fingerprint density at radius 1 is 0.950 bits per heavy atom. The van der Waals surface area contributed by atoms with Crippen LogP contribution in [0, 0.1) is 0 Å². The molecule has 4 heterocycles. The minimum atomic E-state index is -0.540. The summed E-state index contributed by atoms with van der Waals surface area (Å²) in [5, 5.41) is 19.7. The molecule has 0 radical (unpaired) electrons. The number of pyridine rings is 1. The lowest BCUT2D eigenvalue weighted by Crippen LogP contribution is -2.58. The molecule has 5 aliphatic rings.